The fraction of sp³-hybridized carbons (Fsp3) is 1.00. The molecule has 0 aromatic carbocycles. The molecule has 0 aliphatic carbocycles. The zero-order valence-corrected chi connectivity index (χ0v) is 5.73. The number of rotatable bonds is 0. The van der Waals surface area contributed by atoms with E-state index in [1.807, 2.05) is 0 Å². The van der Waals surface area contributed by atoms with Crippen molar-refractivity contribution in [2.45, 2.75) is 7.43 Å². The summed E-state index contributed by atoms with van der Waals surface area (Å²) >= 11 is 1.55. The van der Waals surface area contributed by atoms with Gasteiger partial charge in [-0.3, -0.25) is 0 Å². The van der Waals surface area contributed by atoms with Crippen molar-refractivity contribution in [1.29, 1.82) is 0 Å². The molecule has 0 aliphatic heterocycles. The molecule has 1 radical (unpaired) electrons. The van der Waals surface area contributed by atoms with Crippen LogP contribution in [-0.2, 0) is 3.08 Å². The average molecular weight is 231 g/mol. The Labute approximate surface area is 42.1 Å². The van der Waals surface area contributed by atoms with E-state index in [-0.39, 0.29) is 7.43 Å². The second-order valence-electron chi connectivity index (χ2n) is 0.0772. The minimum atomic E-state index is -1.21. The molecule has 0 saturated carbocycles. The van der Waals surface area contributed by atoms with E-state index >= 15 is 0 Å². The fourth-order valence-electron chi connectivity index (χ4n) is 0. The number of halogens is 1. The average Bonchev–Trinajstić information content (AvgIpc) is 0.918. The molecule has 0 heterocycles. The van der Waals surface area contributed by atoms with E-state index in [2.05, 4.69) is 12.7 Å². The van der Waals surface area contributed by atoms with Crippen LogP contribution in [0.25, 0.3) is 0 Å². The molecule has 0 aromatic heterocycles. The van der Waals surface area contributed by atoms with Gasteiger partial charge in [0.25, 0.3) is 0 Å². The molecule has 1 nitrogen and oxygen atoms in total. The summed E-state index contributed by atoms with van der Waals surface area (Å²) in [5.74, 6) is 0. The van der Waals surface area contributed by atoms with Crippen LogP contribution in [0.3, 0.4) is 0 Å². The van der Waals surface area contributed by atoms with Gasteiger partial charge in [0.15, 0.2) is 0 Å². The van der Waals surface area contributed by atoms with Gasteiger partial charge in [-0.1, -0.05) is 7.43 Å². The SMILES string of the molecule is C.[O]=[Sn][Br]. The monoisotopic (exact) mass is 231 g/mol. The van der Waals surface area contributed by atoms with Gasteiger partial charge in [0.2, 0.25) is 0 Å². The van der Waals surface area contributed by atoms with Crippen molar-refractivity contribution in [3.05, 3.63) is 0 Å². The van der Waals surface area contributed by atoms with Crippen molar-refractivity contribution >= 4 is 31.6 Å². The van der Waals surface area contributed by atoms with Gasteiger partial charge in [-0.15, -0.1) is 0 Å². The molecule has 0 aromatic rings. The summed E-state index contributed by atoms with van der Waals surface area (Å²) < 4.78 is 9.02. The van der Waals surface area contributed by atoms with Crippen LogP contribution in [0.2, 0.25) is 0 Å². The Morgan fingerprint density at radius 3 is 1.75 bits per heavy atom. The van der Waals surface area contributed by atoms with Gasteiger partial charge in [-0.2, -0.15) is 0 Å². The zero-order chi connectivity index (χ0) is 2.71. The van der Waals surface area contributed by atoms with E-state index in [9.17, 15) is 0 Å². The molecule has 0 N–H and O–H groups in total. The molecule has 0 saturated heterocycles. The third-order valence-electron chi connectivity index (χ3n) is 0. The molecule has 4 heavy (non-hydrogen) atoms. The molecule has 25 valence electrons. The Balaban J connectivity index is 0. The molecule has 3 heteroatoms. The number of hydrogen-bond acceptors (Lipinski definition) is 1. The fourth-order valence-corrected chi connectivity index (χ4v) is 0. The first-order chi connectivity index (χ1) is 1.41. The van der Waals surface area contributed by atoms with E-state index in [0.717, 1.165) is 0 Å². The van der Waals surface area contributed by atoms with E-state index in [1.165, 1.54) is 0 Å². The van der Waals surface area contributed by atoms with Crippen LogP contribution in [0, 0.1) is 0 Å². The second kappa shape index (κ2) is 8.95. The summed E-state index contributed by atoms with van der Waals surface area (Å²) in [5, 5.41) is 0. The van der Waals surface area contributed by atoms with Gasteiger partial charge >= 0.3 is 34.7 Å². The second-order valence-corrected chi connectivity index (χ2v) is 2.69. The van der Waals surface area contributed by atoms with E-state index in [1.54, 1.807) is 0 Å². The normalized spacial score (nSPS) is 3.25. The predicted molar refractivity (Wildman–Crippen MR) is 22.1 cm³/mol. The van der Waals surface area contributed by atoms with Crippen LogP contribution in [-0.4, -0.2) is 18.9 Å². The molecule has 0 amide bonds. The molecular formula is CH4BrOSn. The van der Waals surface area contributed by atoms with Gasteiger partial charge in [0.05, 0.1) is 0 Å². The van der Waals surface area contributed by atoms with Gasteiger partial charge in [0, 0.05) is 0 Å². The molecule has 0 unspecified atom stereocenters. The maximum atomic E-state index is 9.02. The van der Waals surface area contributed by atoms with Crippen LogP contribution >= 0.6 is 12.7 Å². The Kier molecular flexibility index (Phi) is 19.9. The van der Waals surface area contributed by atoms with E-state index < -0.39 is 18.9 Å². The van der Waals surface area contributed by atoms with Crippen LogP contribution in [0.1, 0.15) is 7.43 Å². The van der Waals surface area contributed by atoms with Crippen molar-refractivity contribution in [1.82, 2.24) is 0 Å². The molecule has 0 spiro atoms. The summed E-state index contributed by atoms with van der Waals surface area (Å²) in [4.78, 5) is 0. The molecule has 0 fully saturated rings. The molecule has 0 atom stereocenters. The predicted octanol–water partition coefficient (Wildman–Crippen LogP) is 0.982. The molecule has 0 bridgehead atoms. The van der Waals surface area contributed by atoms with Gasteiger partial charge in [0.1, 0.15) is 0 Å². The molecule has 0 aliphatic rings. The van der Waals surface area contributed by atoms with Crippen molar-refractivity contribution in [3.63, 3.8) is 0 Å². The van der Waals surface area contributed by atoms with Crippen molar-refractivity contribution < 1.29 is 3.08 Å². The summed E-state index contributed by atoms with van der Waals surface area (Å²) in [7, 11) is 0. The molecular weight excluding hydrogens is 227 g/mol. The van der Waals surface area contributed by atoms with Crippen molar-refractivity contribution in [2.75, 3.05) is 0 Å². The first-order valence-electron chi connectivity index (χ1n) is 0.393. The third kappa shape index (κ3) is 11.4. The molecule has 0 rings (SSSR count). The Morgan fingerprint density at radius 1 is 1.75 bits per heavy atom. The quantitative estimate of drug-likeness (QED) is 0.567. The van der Waals surface area contributed by atoms with Crippen molar-refractivity contribution in [3.8, 4) is 0 Å². The Bertz CT molecular complexity index is 15.5. The standard InChI is InChI=1S/CH4.BrH.O.Sn/h1H4;1H;;/q;;;+1/p-1. The topological polar surface area (TPSA) is 17.1 Å². The summed E-state index contributed by atoms with van der Waals surface area (Å²) in [5.41, 5.74) is 0. The van der Waals surface area contributed by atoms with Crippen LogP contribution < -0.4 is 0 Å². The van der Waals surface area contributed by atoms with Crippen LogP contribution in [0.5, 0.6) is 0 Å². The first kappa shape index (κ1) is 8.91. The van der Waals surface area contributed by atoms with Crippen molar-refractivity contribution in [2.24, 2.45) is 0 Å². The van der Waals surface area contributed by atoms with Gasteiger partial charge in [-0.25, -0.2) is 0 Å². The Morgan fingerprint density at radius 2 is 1.75 bits per heavy atom. The first-order valence-corrected chi connectivity index (χ1v) is 7.96. The maximum absolute atomic E-state index is 9.02. The van der Waals surface area contributed by atoms with Gasteiger partial charge in [-0.05, 0) is 0 Å². The number of hydrogen-bond donors (Lipinski definition) is 0. The van der Waals surface area contributed by atoms with Gasteiger partial charge < -0.3 is 0 Å². The zero-order valence-electron chi connectivity index (χ0n) is 1.29. The van der Waals surface area contributed by atoms with Crippen LogP contribution in [0.4, 0.5) is 0 Å². The summed E-state index contributed by atoms with van der Waals surface area (Å²) in [6.07, 6.45) is 0. The summed E-state index contributed by atoms with van der Waals surface area (Å²) in [6.45, 7) is 0. The minimum absolute atomic E-state index is 0. The summed E-state index contributed by atoms with van der Waals surface area (Å²) in [6, 6.07) is 0. The van der Waals surface area contributed by atoms with Crippen LogP contribution in [0.15, 0.2) is 0 Å². The van der Waals surface area contributed by atoms with E-state index in [4.69, 9.17) is 3.08 Å². The van der Waals surface area contributed by atoms with E-state index in [0.29, 0.717) is 0 Å². The third-order valence-corrected chi connectivity index (χ3v) is 0. The Hall–Kier alpha value is 1.08.